The first kappa shape index (κ1) is 27.1. The summed E-state index contributed by atoms with van der Waals surface area (Å²) in [6.07, 6.45) is 4.74. The second kappa shape index (κ2) is 12.4. The molecule has 0 radical (unpaired) electrons. The molecule has 0 amide bonds. The SMILES string of the molecule is CCNC(=NCC(C)(O)c1cnn(C)c1)NCCCc1nn(-c2ccccc2)c(N)c1C#N.I. The van der Waals surface area contributed by atoms with E-state index in [-0.39, 0.29) is 30.5 Å². The number of nitrogens with one attached hydrogen (secondary N) is 2. The van der Waals surface area contributed by atoms with Crippen LogP contribution in [0.1, 0.15) is 37.1 Å². The van der Waals surface area contributed by atoms with E-state index in [0.717, 1.165) is 12.1 Å². The van der Waals surface area contributed by atoms with E-state index < -0.39 is 5.60 Å². The molecule has 0 aliphatic rings. The number of aryl methyl sites for hydroxylation is 2. The Labute approximate surface area is 216 Å². The summed E-state index contributed by atoms with van der Waals surface area (Å²) in [6, 6.07) is 11.7. The third kappa shape index (κ3) is 6.71. The van der Waals surface area contributed by atoms with Crippen LogP contribution < -0.4 is 16.4 Å². The van der Waals surface area contributed by atoms with E-state index in [1.807, 2.05) is 44.3 Å². The monoisotopic (exact) mass is 577 g/mol. The lowest BCUT2D eigenvalue weighted by molar-refractivity contribution is 0.0672. The van der Waals surface area contributed by atoms with Gasteiger partial charge in [-0.1, -0.05) is 18.2 Å². The summed E-state index contributed by atoms with van der Waals surface area (Å²) in [4.78, 5) is 4.52. The summed E-state index contributed by atoms with van der Waals surface area (Å²) < 4.78 is 3.26. The van der Waals surface area contributed by atoms with Crippen LogP contribution in [0, 0.1) is 11.3 Å². The number of halogens is 1. The molecular weight excluding hydrogens is 545 g/mol. The molecule has 34 heavy (non-hydrogen) atoms. The topological polar surface area (TPSA) is 142 Å². The van der Waals surface area contributed by atoms with Crippen LogP contribution in [0.2, 0.25) is 0 Å². The Morgan fingerprint density at radius 2 is 2.03 bits per heavy atom. The Morgan fingerprint density at radius 1 is 1.29 bits per heavy atom. The first-order valence-corrected chi connectivity index (χ1v) is 10.9. The van der Waals surface area contributed by atoms with Crippen molar-refractivity contribution in [2.75, 3.05) is 25.4 Å². The van der Waals surface area contributed by atoms with Gasteiger partial charge in [-0.2, -0.15) is 15.5 Å². The molecule has 0 saturated heterocycles. The highest BCUT2D eigenvalue weighted by Gasteiger charge is 2.24. The maximum Gasteiger partial charge on any atom is 0.191 e. The third-order valence-corrected chi connectivity index (χ3v) is 5.21. The summed E-state index contributed by atoms with van der Waals surface area (Å²) in [7, 11) is 1.81. The standard InChI is InChI=1S/C23H31N9O.HI/c1-4-26-22(28-16-23(2,33)17-14-29-31(3)15-17)27-12-8-11-20-19(13-24)21(25)32(30-20)18-9-6-5-7-10-18;/h5-7,9-10,14-15,33H,4,8,11-12,16,25H2,1-3H3,(H2,26,27,28);1H. The van der Waals surface area contributed by atoms with Crippen LogP contribution >= 0.6 is 24.0 Å². The van der Waals surface area contributed by atoms with Gasteiger partial charge in [0.25, 0.3) is 0 Å². The molecule has 5 N–H and O–H groups in total. The van der Waals surface area contributed by atoms with Gasteiger partial charge in [0, 0.05) is 31.9 Å². The van der Waals surface area contributed by atoms with Crippen molar-refractivity contribution >= 4 is 35.8 Å². The van der Waals surface area contributed by atoms with Crippen LogP contribution in [-0.4, -0.2) is 50.3 Å². The van der Waals surface area contributed by atoms with Crippen LogP contribution in [0.5, 0.6) is 0 Å². The largest absolute Gasteiger partial charge is 0.383 e. The fourth-order valence-electron chi connectivity index (χ4n) is 3.37. The van der Waals surface area contributed by atoms with Crippen molar-refractivity contribution in [3.8, 4) is 11.8 Å². The number of nitrogen functional groups attached to an aromatic ring is 1. The molecule has 0 fully saturated rings. The number of hydrogen-bond acceptors (Lipinski definition) is 6. The van der Waals surface area contributed by atoms with Gasteiger partial charge in [-0.25, -0.2) is 9.67 Å². The molecule has 10 nitrogen and oxygen atoms in total. The number of nitrogens with zero attached hydrogens (tertiary/aromatic N) is 6. The fraction of sp³-hybridized carbons (Fsp3) is 0.391. The highest BCUT2D eigenvalue weighted by molar-refractivity contribution is 14.0. The normalized spacial score (nSPS) is 13.0. The second-order valence-electron chi connectivity index (χ2n) is 7.97. The number of hydrogen-bond donors (Lipinski definition) is 4. The molecule has 0 saturated carbocycles. The molecule has 3 rings (SSSR count). The molecule has 182 valence electrons. The van der Waals surface area contributed by atoms with Gasteiger partial charge in [-0.3, -0.25) is 4.68 Å². The number of anilines is 1. The molecule has 2 heterocycles. The van der Waals surface area contributed by atoms with Gasteiger partial charge in [0.1, 0.15) is 23.1 Å². The van der Waals surface area contributed by atoms with Gasteiger partial charge < -0.3 is 21.5 Å². The molecule has 1 unspecified atom stereocenters. The van der Waals surface area contributed by atoms with Crippen molar-refractivity contribution in [3.63, 3.8) is 0 Å². The lowest BCUT2D eigenvalue weighted by Gasteiger charge is -2.20. The van der Waals surface area contributed by atoms with Crippen LogP contribution in [-0.2, 0) is 19.1 Å². The van der Waals surface area contributed by atoms with Gasteiger partial charge in [-0.15, -0.1) is 24.0 Å². The molecule has 0 aliphatic carbocycles. The summed E-state index contributed by atoms with van der Waals surface area (Å²) in [5, 5.41) is 35.4. The number of rotatable bonds is 9. The zero-order valence-electron chi connectivity index (χ0n) is 19.7. The highest BCUT2D eigenvalue weighted by Crippen LogP contribution is 2.21. The number of nitriles is 1. The molecule has 0 aliphatic heterocycles. The number of benzene rings is 1. The van der Waals surface area contributed by atoms with Crippen molar-refractivity contribution in [3.05, 3.63) is 59.5 Å². The smallest absolute Gasteiger partial charge is 0.191 e. The maximum atomic E-state index is 10.7. The molecule has 11 heteroatoms. The Hall–Kier alpha value is -3.11. The lowest BCUT2D eigenvalue weighted by atomic mass is 10.0. The summed E-state index contributed by atoms with van der Waals surface area (Å²) in [6.45, 7) is 5.19. The maximum absolute atomic E-state index is 10.7. The third-order valence-electron chi connectivity index (χ3n) is 5.21. The van der Waals surface area contributed by atoms with E-state index in [1.54, 1.807) is 28.7 Å². The minimum absolute atomic E-state index is 0. The van der Waals surface area contributed by atoms with E-state index in [2.05, 4.69) is 31.9 Å². The number of aliphatic hydroxyl groups is 1. The molecule has 0 spiro atoms. The molecule has 1 atom stereocenters. The Kier molecular flexibility index (Phi) is 9.88. The lowest BCUT2D eigenvalue weighted by Crippen LogP contribution is -2.39. The highest BCUT2D eigenvalue weighted by atomic mass is 127. The van der Waals surface area contributed by atoms with Gasteiger partial charge in [0.05, 0.1) is 24.1 Å². The van der Waals surface area contributed by atoms with E-state index in [0.29, 0.717) is 48.1 Å². The molecule has 0 bridgehead atoms. The van der Waals surface area contributed by atoms with E-state index in [1.165, 1.54) is 0 Å². The number of para-hydroxylation sites is 1. The zero-order valence-corrected chi connectivity index (χ0v) is 22.0. The van der Waals surface area contributed by atoms with Gasteiger partial charge >= 0.3 is 0 Å². The Morgan fingerprint density at radius 3 is 2.65 bits per heavy atom. The Bertz CT molecular complexity index is 1130. The predicted octanol–water partition coefficient (Wildman–Crippen LogP) is 2.07. The predicted molar refractivity (Wildman–Crippen MR) is 143 cm³/mol. The molecule has 1 aromatic carbocycles. The Balaban J connectivity index is 0.00000408. The first-order chi connectivity index (χ1) is 15.9. The van der Waals surface area contributed by atoms with Gasteiger partial charge in [-0.05, 0) is 38.8 Å². The average molecular weight is 577 g/mol. The van der Waals surface area contributed by atoms with Crippen molar-refractivity contribution in [2.45, 2.75) is 32.3 Å². The van der Waals surface area contributed by atoms with Crippen LogP contribution in [0.3, 0.4) is 0 Å². The second-order valence-corrected chi connectivity index (χ2v) is 7.97. The van der Waals surface area contributed by atoms with Crippen molar-refractivity contribution < 1.29 is 5.11 Å². The minimum Gasteiger partial charge on any atom is -0.383 e. The number of nitrogens with two attached hydrogens (primary N) is 1. The van der Waals surface area contributed by atoms with Crippen molar-refractivity contribution in [2.24, 2.45) is 12.0 Å². The van der Waals surface area contributed by atoms with Crippen molar-refractivity contribution in [1.82, 2.24) is 30.2 Å². The first-order valence-electron chi connectivity index (χ1n) is 10.9. The van der Waals surface area contributed by atoms with Gasteiger partial charge in [0.15, 0.2) is 5.96 Å². The van der Waals surface area contributed by atoms with E-state index in [9.17, 15) is 10.4 Å². The summed E-state index contributed by atoms with van der Waals surface area (Å²) in [5.74, 6) is 0.954. The number of aromatic nitrogens is 4. The minimum atomic E-state index is -1.12. The van der Waals surface area contributed by atoms with Gasteiger partial charge in [0.2, 0.25) is 0 Å². The van der Waals surface area contributed by atoms with Crippen LogP contribution in [0.25, 0.3) is 5.69 Å². The summed E-state index contributed by atoms with van der Waals surface area (Å²) in [5.41, 5.74) is 7.65. The van der Waals surface area contributed by atoms with Crippen LogP contribution in [0.15, 0.2) is 47.7 Å². The zero-order chi connectivity index (χ0) is 23.8. The quantitative estimate of drug-likeness (QED) is 0.132. The molecule has 3 aromatic rings. The van der Waals surface area contributed by atoms with Crippen LogP contribution in [0.4, 0.5) is 5.82 Å². The summed E-state index contributed by atoms with van der Waals surface area (Å²) >= 11 is 0. The molecular formula is C23H32IN9O. The molecule has 2 aromatic heterocycles. The van der Waals surface area contributed by atoms with E-state index in [4.69, 9.17) is 5.73 Å². The number of guanidine groups is 1. The van der Waals surface area contributed by atoms with Crippen molar-refractivity contribution in [1.29, 1.82) is 5.26 Å². The van der Waals surface area contributed by atoms with E-state index >= 15 is 0 Å². The number of aliphatic imine (C=N–C) groups is 1. The average Bonchev–Trinajstić information content (AvgIpc) is 3.39. The fourth-order valence-corrected chi connectivity index (χ4v) is 3.37.